The average Bonchev–Trinajstić information content (AvgIpc) is 3.36. The van der Waals surface area contributed by atoms with E-state index in [0.717, 1.165) is 29.6 Å². The van der Waals surface area contributed by atoms with Gasteiger partial charge in [0.2, 0.25) is 5.95 Å². The zero-order valence-corrected chi connectivity index (χ0v) is 16.3. The van der Waals surface area contributed by atoms with Crippen molar-refractivity contribution < 1.29 is 4.79 Å². The molecule has 4 aromatic rings. The van der Waals surface area contributed by atoms with Crippen molar-refractivity contribution in [2.24, 2.45) is 0 Å². The van der Waals surface area contributed by atoms with Crippen LogP contribution in [0.1, 0.15) is 28.6 Å². The summed E-state index contributed by atoms with van der Waals surface area (Å²) in [6.07, 6.45) is 4.31. The van der Waals surface area contributed by atoms with Crippen molar-refractivity contribution in [2.45, 2.75) is 26.4 Å². The lowest BCUT2D eigenvalue weighted by Crippen LogP contribution is -2.15. The van der Waals surface area contributed by atoms with Crippen LogP contribution < -0.4 is 5.32 Å². The third-order valence-corrected chi connectivity index (χ3v) is 5.32. The van der Waals surface area contributed by atoms with Crippen LogP contribution in [0, 0.1) is 0 Å². The lowest BCUT2D eigenvalue weighted by atomic mass is 10.3. The van der Waals surface area contributed by atoms with Crippen LogP contribution in [-0.2, 0) is 13.1 Å². The molecule has 8 heteroatoms. The highest BCUT2D eigenvalue weighted by atomic mass is 35.5. The number of benzene rings is 1. The van der Waals surface area contributed by atoms with Gasteiger partial charge in [0.1, 0.15) is 0 Å². The zero-order chi connectivity index (χ0) is 18.8. The smallest absolute Gasteiger partial charge is 0.268 e. The number of thiophene rings is 1. The molecule has 3 aromatic heterocycles. The summed E-state index contributed by atoms with van der Waals surface area (Å²) in [6.45, 7) is 3.48. The molecule has 138 valence electrons. The van der Waals surface area contributed by atoms with Crippen LogP contribution in [0.2, 0.25) is 5.02 Å². The third kappa shape index (κ3) is 3.74. The fourth-order valence-corrected chi connectivity index (χ4v) is 3.93. The van der Waals surface area contributed by atoms with Gasteiger partial charge in [0.15, 0.2) is 0 Å². The van der Waals surface area contributed by atoms with Gasteiger partial charge in [0.05, 0.1) is 33.7 Å². The number of rotatable bonds is 6. The summed E-state index contributed by atoms with van der Waals surface area (Å²) in [5, 5.41) is 9.68. The fourth-order valence-electron chi connectivity index (χ4n) is 2.97. The summed E-state index contributed by atoms with van der Waals surface area (Å²) in [4.78, 5) is 17.9. The van der Waals surface area contributed by atoms with Crippen LogP contribution in [0.15, 0.2) is 48.1 Å². The minimum atomic E-state index is -0.155. The number of halogens is 1. The Morgan fingerprint density at radius 1 is 1.33 bits per heavy atom. The lowest BCUT2D eigenvalue weighted by Gasteiger charge is -2.08. The molecule has 6 nitrogen and oxygen atoms in total. The van der Waals surface area contributed by atoms with Gasteiger partial charge < -0.3 is 4.57 Å². The molecule has 0 radical (unpaired) electrons. The summed E-state index contributed by atoms with van der Waals surface area (Å²) < 4.78 is 3.79. The monoisotopic (exact) mass is 399 g/mol. The molecular weight excluding hydrogens is 382 g/mol. The first-order valence-corrected chi connectivity index (χ1v) is 9.92. The number of anilines is 1. The highest BCUT2D eigenvalue weighted by molar-refractivity contribution is 7.12. The first-order chi connectivity index (χ1) is 13.1. The van der Waals surface area contributed by atoms with E-state index in [1.165, 1.54) is 11.3 Å². The van der Waals surface area contributed by atoms with Crippen LogP contribution >= 0.6 is 22.9 Å². The number of carbonyl (C=O) groups excluding carboxylic acids is 1. The topological polar surface area (TPSA) is 64.7 Å². The minimum absolute atomic E-state index is 0.155. The van der Waals surface area contributed by atoms with Crippen LogP contribution in [-0.4, -0.2) is 25.2 Å². The second-order valence-electron chi connectivity index (χ2n) is 6.21. The Bertz CT molecular complexity index is 1100. The van der Waals surface area contributed by atoms with Gasteiger partial charge in [-0.3, -0.25) is 14.8 Å². The van der Waals surface area contributed by atoms with Crippen LogP contribution in [0.25, 0.3) is 11.0 Å². The molecule has 0 aliphatic heterocycles. The maximum Gasteiger partial charge on any atom is 0.268 e. The number of nitrogens with zero attached hydrogens (tertiary/aromatic N) is 4. The number of imidazole rings is 1. The predicted molar refractivity (Wildman–Crippen MR) is 109 cm³/mol. The van der Waals surface area contributed by atoms with Gasteiger partial charge in [0, 0.05) is 12.7 Å². The standard InChI is InChI=1S/C19H18ClN5OS/c1-2-7-25-16-6-4-3-5-15(16)22-19(25)23-18(26)17-8-13(12-27-17)10-24-11-14(20)9-21-24/h3-6,8-9,11-12H,2,7,10H2,1H3,(H,22,23,26). The van der Waals surface area contributed by atoms with Crippen LogP contribution in [0.3, 0.4) is 0 Å². The second-order valence-corrected chi connectivity index (χ2v) is 7.55. The maximum atomic E-state index is 12.7. The van der Waals surface area contributed by atoms with Gasteiger partial charge in [0.25, 0.3) is 5.91 Å². The number of hydrogen-bond acceptors (Lipinski definition) is 4. The summed E-state index contributed by atoms with van der Waals surface area (Å²) in [6, 6.07) is 9.78. The van der Waals surface area contributed by atoms with E-state index in [-0.39, 0.29) is 5.91 Å². The number of para-hydroxylation sites is 2. The molecule has 3 heterocycles. The Kier molecular flexibility index (Phi) is 4.96. The summed E-state index contributed by atoms with van der Waals surface area (Å²) in [5.74, 6) is 0.425. The Hall–Kier alpha value is -2.64. The Morgan fingerprint density at radius 2 is 2.19 bits per heavy atom. The molecule has 0 spiro atoms. The molecule has 0 saturated heterocycles. The predicted octanol–water partition coefficient (Wildman–Crippen LogP) is 4.66. The zero-order valence-electron chi connectivity index (χ0n) is 14.7. The number of carbonyl (C=O) groups is 1. The molecule has 0 fully saturated rings. The summed E-state index contributed by atoms with van der Waals surface area (Å²) in [5.41, 5.74) is 2.91. The summed E-state index contributed by atoms with van der Waals surface area (Å²) >= 11 is 7.30. The van der Waals surface area contributed by atoms with E-state index in [0.29, 0.717) is 22.4 Å². The molecule has 0 aliphatic carbocycles. The van der Waals surface area contributed by atoms with E-state index < -0.39 is 0 Å². The van der Waals surface area contributed by atoms with Crippen molar-refractivity contribution in [3.63, 3.8) is 0 Å². The van der Waals surface area contributed by atoms with E-state index in [9.17, 15) is 4.79 Å². The second kappa shape index (κ2) is 7.54. The van der Waals surface area contributed by atoms with Gasteiger partial charge in [-0.2, -0.15) is 5.10 Å². The van der Waals surface area contributed by atoms with E-state index >= 15 is 0 Å². The highest BCUT2D eigenvalue weighted by Crippen LogP contribution is 2.22. The number of fused-ring (bicyclic) bond motifs is 1. The first-order valence-electron chi connectivity index (χ1n) is 8.66. The van der Waals surface area contributed by atoms with E-state index in [2.05, 4.69) is 22.3 Å². The lowest BCUT2D eigenvalue weighted by molar-refractivity contribution is 0.102. The molecule has 27 heavy (non-hydrogen) atoms. The molecular formula is C19H18ClN5OS. The normalized spacial score (nSPS) is 11.2. The van der Waals surface area contributed by atoms with E-state index in [1.807, 2.05) is 40.3 Å². The molecule has 0 bridgehead atoms. The molecule has 0 unspecified atom stereocenters. The molecule has 1 N–H and O–H groups in total. The SMILES string of the molecule is CCCn1c(NC(=O)c2cc(Cn3cc(Cl)cn3)cs2)nc2ccccc21. The van der Waals surface area contributed by atoms with Gasteiger partial charge in [-0.05, 0) is 35.6 Å². The quantitative estimate of drug-likeness (QED) is 0.513. The number of aromatic nitrogens is 4. The molecule has 1 amide bonds. The highest BCUT2D eigenvalue weighted by Gasteiger charge is 2.15. The molecule has 0 atom stereocenters. The van der Waals surface area contributed by atoms with Crippen molar-refractivity contribution in [3.8, 4) is 0 Å². The van der Waals surface area contributed by atoms with Crippen molar-refractivity contribution in [1.82, 2.24) is 19.3 Å². The average molecular weight is 400 g/mol. The van der Waals surface area contributed by atoms with Crippen LogP contribution in [0.4, 0.5) is 5.95 Å². The largest absolute Gasteiger partial charge is 0.310 e. The first kappa shape index (κ1) is 17.8. The number of aryl methyl sites for hydroxylation is 1. The van der Waals surface area contributed by atoms with Crippen molar-refractivity contribution in [1.29, 1.82) is 0 Å². The number of hydrogen-bond donors (Lipinski definition) is 1. The van der Waals surface area contributed by atoms with Gasteiger partial charge in [-0.25, -0.2) is 4.98 Å². The molecule has 4 rings (SSSR count). The number of nitrogens with one attached hydrogen (secondary N) is 1. The third-order valence-electron chi connectivity index (χ3n) is 4.15. The van der Waals surface area contributed by atoms with E-state index in [1.54, 1.807) is 17.1 Å². The van der Waals surface area contributed by atoms with Gasteiger partial charge >= 0.3 is 0 Å². The minimum Gasteiger partial charge on any atom is -0.310 e. The van der Waals surface area contributed by atoms with E-state index in [4.69, 9.17) is 11.6 Å². The Labute approximate surface area is 165 Å². The van der Waals surface area contributed by atoms with Gasteiger partial charge in [-0.15, -0.1) is 11.3 Å². The molecule has 0 saturated carbocycles. The van der Waals surface area contributed by atoms with Gasteiger partial charge in [-0.1, -0.05) is 30.7 Å². The van der Waals surface area contributed by atoms with Crippen molar-refractivity contribution in [3.05, 3.63) is 63.6 Å². The van der Waals surface area contributed by atoms with Crippen LogP contribution in [0.5, 0.6) is 0 Å². The fraction of sp³-hybridized carbons (Fsp3) is 0.211. The van der Waals surface area contributed by atoms with Crippen molar-refractivity contribution >= 4 is 45.8 Å². The Balaban J connectivity index is 1.54. The maximum absolute atomic E-state index is 12.7. The summed E-state index contributed by atoms with van der Waals surface area (Å²) in [7, 11) is 0. The molecule has 0 aliphatic rings. The molecule has 1 aromatic carbocycles. The van der Waals surface area contributed by atoms with Crippen molar-refractivity contribution in [2.75, 3.05) is 5.32 Å². The Morgan fingerprint density at radius 3 is 2.96 bits per heavy atom. The number of amides is 1.